The van der Waals surface area contributed by atoms with Gasteiger partial charge in [0.1, 0.15) is 0 Å². The van der Waals surface area contributed by atoms with E-state index in [9.17, 15) is 0 Å². The van der Waals surface area contributed by atoms with Crippen LogP contribution in [0.25, 0.3) is 15.9 Å². The number of fused-ring (bicyclic) bond motifs is 1. The molecule has 0 amide bonds. The lowest BCUT2D eigenvalue weighted by Gasteiger charge is -1.98. The third-order valence-electron chi connectivity index (χ3n) is 2.28. The number of hydrogen-bond acceptors (Lipinski definition) is 2. The van der Waals surface area contributed by atoms with E-state index in [0.717, 1.165) is 17.8 Å². The summed E-state index contributed by atoms with van der Waals surface area (Å²) in [6.07, 6.45) is 1.09. The molecular weight excluding hydrogens is 192 g/mol. The Kier molecular flexibility index (Phi) is 2.19. The largest absolute Gasteiger partial charge is 0.237 e. The van der Waals surface area contributed by atoms with Crippen LogP contribution in [-0.4, -0.2) is 9.78 Å². The van der Waals surface area contributed by atoms with E-state index >= 15 is 0 Å². The van der Waals surface area contributed by atoms with Gasteiger partial charge in [-0.05, 0) is 26.3 Å². The number of thiophene rings is 1. The molecule has 0 radical (unpaired) electrons. The van der Waals surface area contributed by atoms with Crippen molar-refractivity contribution in [3.05, 3.63) is 23.2 Å². The first-order valence-electron chi connectivity index (χ1n) is 4.77. The molecule has 0 fully saturated rings. The van der Waals surface area contributed by atoms with Crippen LogP contribution in [0.3, 0.4) is 0 Å². The Morgan fingerprint density at radius 1 is 1.64 bits per heavy atom. The molecule has 0 atom stereocenters. The van der Waals surface area contributed by atoms with Gasteiger partial charge in [0.15, 0.2) is 0 Å². The fourth-order valence-electron chi connectivity index (χ4n) is 1.56. The molecule has 14 heavy (non-hydrogen) atoms. The number of rotatable bonds is 2. The van der Waals surface area contributed by atoms with Crippen LogP contribution in [0.5, 0.6) is 0 Å². The van der Waals surface area contributed by atoms with Crippen molar-refractivity contribution in [2.45, 2.75) is 27.2 Å². The molecule has 0 aromatic carbocycles. The van der Waals surface area contributed by atoms with Gasteiger partial charge in [-0.2, -0.15) is 5.10 Å². The summed E-state index contributed by atoms with van der Waals surface area (Å²) >= 11 is 1.84. The first-order valence-corrected chi connectivity index (χ1v) is 5.59. The van der Waals surface area contributed by atoms with Gasteiger partial charge in [0, 0.05) is 10.6 Å². The molecule has 2 aromatic rings. The molecule has 74 valence electrons. The molecule has 0 saturated heterocycles. The van der Waals surface area contributed by atoms with Gasteiger partial charge in [0.2, 0.25) is 0 Å². The van der Waals surface area contributed by atoms with E-state index in [-0.39, 0.29) is 0 Å². The van der Waals surface area contributed by atoms with Crippen molar-refractivity contribution in [1.29, 1.82) is 0 Å². The molecule has 2 aromatic heterocycles. The minimum absolute atomic E-state index is 0.976. The van der Waals surface area contributed by atoms with Gasteiger partial charge < -0.3 is 0 Å². The topological polar surface area (TPSA) is 17.8 Å². The Morgan fingerprint density at radius 2 is 2.36 bits per heavy atom. The second-order valence-electron chi connectivity index (χ2n) is 3.51. The molecular formula is C11H14N2S. The minimum Gasteiger partial charge on any atom is -0.237 e. The van der Waals surface area contributed by atoms with E-state index in [0.29, 0.717) is 0 Å². The molecule has 3 heteroatoms. The molecule has 0 spiro atoms. The highest BCUT2D eigenvalue weighted by Gasteiger charge is 2.10. The fraction of sp³-hybridized carbons (Fsp3) is 0.364. The van der Waals surface area contributed by atoms with Crippen LogP contribution >= 0.6 is 11.3 Å². The van der Waals surface area contributed by atoms with Crippen molar-refractivity contribution < 1.29 is 0 Å². The maximum atomic E-state index is 4.45. The van der Waals surface area contributed by atoms with E-state index in [2.05, 4.69) is 31.6 Å². The highest BCUT2D eigenvalue weighted by molar-refractivity contribution is 7.19. The van der Waals surface area contributed by atoms with E-state index in [1.54, 1.807) is 0 Å². The number of nitrogens with zero attached hydrogens (tertiary/aromatic N) is 2. The molecule has 0 N–H and O–H groups in total. The fourth-order valence-corrected chi connectivity index (χ4v) is 2.58. The molecule has 0 aliphatic heterocycles. The van der Waals surface area contributed by atoms with E-state index in [1.807, 2.05) is 22.9 Å². The zero-order valence-electron chi connectivity index (χ0n) is 8.79. The predicted molar refractivity (Wildman–Crippen MR) is 62.7 cm³/mol. The van der Waals surface area contributed by atoms with Crippen molar-refractivity contribution in [2.75, 3.05) is 0 Å². The summed E-state index contributed by atoms with van der Waals surface area (Å²) in [6, 6.07) is 2.22. The van der Waals surface area contributed by atoms with Crippen LogP contribution in [0.2, 0.25) is 0 Å². The monoisotopic (exact) mass is 206 g/mol. The number of aryl methyl sites for hydroxylation is 2. The highest BCUT2D eigenvalue weighted by Crippen LogP contribution is 2.29. The van der Waals surface area contributed by atoms with Crippen LogP contribution in [-0.2, 0) is 6.42 Å². The second-order valence-corrected chi connectivity index (χ2v) is 4.65. The lowest BCUT2D eigenvalue weighted by atomic mass is 10.3. The van der Waals surface area contributed by atoms with Crippen molar-refractivity contribution in [2.24, 2.45) is 0 Å². The number of hydrogen-bond donors (Lipinski definition) is 0. The van der Waals surface area contributed by atoms with Crippen LogP contribution in [0.4, 0.5) is 0 Å². The van der Waals surface area contributed by atoms with Crippen molar-refractivity contribution in [1.82, 2.24) is 9.78 Å². The highest BCUT2D eigenvalue weighted by atomic mass is 32.1. The molecule has 2 heterocycles. The summed E-state index contributed by atoms with van der Waals surface area (Å²) in [6.45, 7) is 10.1. The average Bonchev–Trinajstić information content (AvgIpc) is 2.66. The van der Waals surface area contributed by atoms with Crippen LogP contribution < -0.4 is 0 Å². The normalized spacial score (nSPS) is 11.1. The zero-order valence-corrected chi connectivity index (χ0v) is 9.61. The maximum absolute atomic E-state index is 4.45. The van der Waals surface area contributed by atoms with E-state index in [1.165, 1.54) is 15.1 Å². The number of aromatic nitrogens is 2. The summed E-state index contributed by atoms with van der Waals surface area (Å²) in [5.74, 6) is 0. The van der Waals surface area contributed by atoms with Gasteiger partial charge in [-0.3, -0.25) is 0 Å². The minimum atomic E-state index is 0.976. The van der Waals surface area contributed by atoms with Crippen LogP contribution in [0, 0.1) is 6.92 Å². The average molecular weight is 206 g/mol. The van der Waals surface area contributed by atoms with Gasteiger partial charge in [-0.25, -0.2) is 4.68 Å². The Hall–Kier alpha value is -1.09. The molecule has 0 unspecified atom stereocenters. The Morgan fingerprint density at radius 3 is 2.93 bits per heavy atom. The third kappa shape index (κ3) is 1.28. The van der Waals surface area contributed by atoms with Gasteiger partial charge in [-0.15, -0.1) is 11.3 Å². The summed E-state index contributed by atoms with van der Waals surface area (Å²) in [5, 5.41) is 4.45. The lowest BCUT2D eigenvalue weighted by molar-refractivity contribution is 0.904. The summed E-state index contributed by atoms with van der Waals surface area (Å²) in [4.78, 5) is 1.41. The van der Waals surface area contributed by atoms with Crippen molar-refractivity contribution in [3.8, 4) is 0 Å². The maximum Gasteiger partial charge on any atom is 0.0850 e. The Balaban J connectivity index is 2.73. The molecule has 0 bridgehead atoms. The SMILES string of the molecule is C=C(C)n1nc(C)c2sc(CC)cc21. The van der Waals surface area contributed by atoms with Crippen LogP contribution in [0.15, 0.2) is 12.6 Å². The molecule has 0 saturated carbocycles. The van der Waals surface area contributed by atoms with Gasteiger partial charge in [0.05, 0.1) is 15.9 Å². The Bertz CT molecular complexity index is 491. The zero-order chi connectivity index (χ0) is 10.3. The summed E-state index contributed by atoms with van der Waals surface area (Å²) < 4.78 is 3.23. The first kappa shape index (κ1) is 9.46. The van der Waals surface area contributed by atoms with Gasteiger partial charge in [0.25, 0.3) is 0 Å². The van der Waals surface area contributed by atoms with E-state index in [4.69, 9.17) is 0 Å². The first-order chi connectivity index (χ1) is 6.63. The van der Waals surface area contributed by atoms with Crippen molar-refractivity contribution >= 4 is 27.3 Å². The van der Waals surface area contributed by atoms with Gasteiger partial charge >= 0.3 is 0 Å². The molecule has 0 aliphatic carbocycles. The lowest BCUT2D eigenvalue weighted by Crippen LogP contribution is -1.93. The van der Waals surface area contributed by atoms with Gasteiger partial charge in [-0.1, -0.05) is 13.5 Å². The standard InChI is InChI=1S/C11H14N2S/c1-5-9-6-10-11(14-9)8(4)12-13(10)7(2)3/h6H,2,5H2,1,3-4H3. The Labute approximate surface area is 87.9 Å². The quantitative estimate of drug-likeness (QED) is 0.735. The second kappa shape index (κ2) is 3.24. The van der Waals surface area contributed by atoms with Crippen molar-refractivity contribution in [3.63, 3.8) is 0 Å². The van der Waals surface area contributed by atoms with E-state index < -0.39 is 0 Å². The third-order valence-corrected chi connectivity index (χ3v) is 3.66. The molecule has 2 rings (SSSR count). The summed E-state index contributed by atoms with van der Waals surface area (Å²) in [5.41, 5.74) is 3.29. The number of allylic oxidation sites excluding steroid dienone is 1. The predicted octanol–water partition coefficient (Wildman–Crippen LogP) is 3.46. The smallest absolute Gasteiger partial charge is 0.0850 e. The molecule has 0 aliphatic rings. The molecule has 2 nitrogen and oxygen atoms in total. The summed E-state index contributed by atoms with van der Waals surface area (Å²) in [7, 11) is 0. The van der Waals surface area contributed by atoms with Crippen LogP contribution in [0.1, 0.15) is 24.4 Å².